The first kappa shape index (κ1) is 22.3. The van der Waals surface area contributed by atoms with Gasteiger partial charge in [-0.15, -0.1) is 0 Å². The number of carbonyl (C=O) groups is 1. The van der Waals surface area contributed by atoms with Gasteiger partial charge in [0.25, 0.3) is 0 Å². The minimum Gasteiger partial charge on any atom is -0.458 e. The van der Waals surface area contributed by atoms with Crippen LogP contribution in [0.15, 0.2) is 35.9 Å². The van der Waals surface area contributed by atoms with Crippen molar-refractivity contribution in [2.45, 2.75) is 58.8 Å². The average molecular weight is 419 g/mol. The molecule has 159 valence electrons. The highest BCUT2D eigenvalue weighted by Gasteiger charge is 2.52. The molecule has 5 heteroatoms. The van der Waals surface area contributed by atoms with Crippen molar-refractivity contribution in [1.82, 2.24) is 5.32 Å². The smallest absolute Gasteiger partial charge is 0.303 e. The summed E-state index contributed by atoms with van der Waals surface area (Å²) in [7, 11) is 0. The fourth-order valence-electron chi connectivity index (χ4n) is 4.98. The second kappa shape index (κ2) is 9.20. The Balaban J connectivity index is 1.70. The predicted octanol–water partition coefficient (Wildman–Crippen LogP) is 4.55. The number of hydrogen-bond donors (Lipinski definition) is 2. The lowest BCUT2D eigenvalue weighted by molar-refractivity contribution is -0.148. The van der Waals surface area contributed by atoms with E-state index in [1.165, 1.54) is 6.92 Å². The zero-order chi connectivity index (χ0) is 21.2. The van der Waals surface area contributed by atoms with Crippen molar-refractivity contribution in [2.24, 2.45) is 23.7 Å². The Kier molecular flexibility index (Phi) is 7.08. The normalized spacial score (nSPS) is 32.8. The van der Waals surface area contributed by atoms with Crippen molar-refractivity contribution in [3.05, 3.63) is 52.9 Å². The summed E-state index contributed by atoms with van der Waals surface area (Å²) >= 11 is 6.26. The van der Waals surface area contributed by atoms with Crippen LogP contribution in [0.25, 0.3) is 0 Å². The molecule has 1 aromatic rings. The molecule has 0 spiro atoms. The van der Waals surface area contributed by atoms with Crippen LogP contribution >= 0.6 is 11.6 Å². The minimum absolute atomic E-state index is 0.0372. The molecule has 1 saturated carbocycles. The molecule has 0 aromatic heterocycles. The third-order valence-corrected chi connectivity index (χ3v) is 7.16. The highest BCUT2D eigenvalue weighted by atomic mass is 35.5. The van der Waals surface area contributed by atoms with E-state index in [4.69, 9.17) is 16.3 Å². The lowest BCUT2D eigenvalue weighted by atomic mass is 9.57. The lowest BCUT2D eigenvalue weighted by Crippen LogP contribution is -2.56. The number of carbonyl (C=O) groups excluding carboxylic acids is 1. The van der Waals surface area contributed by atoms with Crippen molar-refractivity contribution >= 4 is 17.6 Å². The Morgan fingerprint density at radius 3 is 2.79 bits per heavy atom. The van der Waals surface area contributed by atoms with E-state index in [1.807, 2.05) is 37.6 Å². The number of esters is 1. The van der Waals surface area contributed by atoms with Gasteiger partial charge in [-0.2, -0.15) is 0 Å². The predicted molar refractivity (Wildman–Crippen MR) is 116 cm³/mol. The van der Waals surface area contributed by atoms with Crippen molar-refractivity contribution in [3.8, 4) is 0 Å². The van der Waals surface area contributed by atoms with E-state index in [-0.39, 0.29) is 17.8 Å². The van der Waals surface area contributed by atoms with Crippen molar-refractivity contribution in [2.75, 3.05) is 6.54 Å². The van der Waals surface area contributed by atoms with Crippen molar-refractivity contribution in [3.63, 3.8) is 0 Å². The fraction of sp³-hybridized carbons (Fsp3) is 0.583. The number of halogens is 1. The fourth-order valence-corrected chi connectivity index (χ4v) is 5.18. The van der Waals surface area contributed by atoms with Crippen LogP contribution in [0.2, 0.25) is 5.02 Å². The Labute approximate surface area is 179 Å². The van der Waals surface area contributed by atoms with Crippen LogP contribution in [0.3, 0.4) is 0 Å². The number of nitrogens with one attached hydrogen (secondary N) is 1. The Bertz CT molecular complexity index is 764. The van der Waals surface area contributed by atoms with Gasteiger partial charge in [-0.25, -0.2) is 0 Å². The number of ether oxygens (including phenoxy) is 1. The molecular formula is C24H33ClNO3. The topological polar surface area (TPSA) is 58.6 Å². The van der Waals surface area contributed by atoms with Gasteiger partial charge >= 0.3 is 5.97 Å². The Morgan fingerprint density at radius 2 is 2.10 bits per heavy atom. The number of benzene rings is 1. The number of aliphatic hydroxyl groups is 1. The molecule has 0 bridgehead atoms. The van der Waals surface area contributed by atoms with Crippen LogP contribution < -0.4 is 5.32 Å². The van der Waals surface area contributed by atoms with Crippen LogP contribution in [-0.2, 0) is 16.1 Å². The van der Waals surface area contributed by atoms with E-state index in [0.717, 1.165) is 42.1 Å². The average Bonchev–Trinajstić information content (AvgIpc) is 2.65. The maximum atomic E-state index is 11.6. The van der Waals surface area contributed by atoms with E-state index in [1.54, 1.807) is 0 Å². The van der Waals surface area contributed by atoms with Gasteiger partial charge in [0.1, 0.15) is 6.10 Å². The number of rotatable bonds is 6. The molecule has 29 heavy (non-hydrogen) atoms. The van der Waals surface area contributed by atoms with Crippen LogP contribution in [-0.4, -0.2) is 29.3 Å². The SMILES string of the molecule is CC(=O)O[C@@H]1[CH][C@@]2(O)[C@H](C)CC[C@@H](C(C)CNCc3ccccc3Cl)[C@H]2C=C1C. The van der Waals surface area contributed by atoms with E-state index in [0.29, 0.717) is 11.8 Å². The summed E-state index contributed by atoms with van der Waals surface area (Å²) in [6, 6.07) is 7.89. The molecule has 2 N–H and O–H groups in total. The Morgan fingerprint density at radius 1 is 1.38 bits per heavy atom. The summed E-state index contributed by atoms with van der Waals surface area (Å²) < 4.78 is 5.44. The molecule has 1 aromatic carbocycles. The second-order valence-electron chi connectivity index (χ2n) is 8.86. The third kappa shape index (κ3) is 4.87. The molecule has 6 atom stereocenters. The lowest BCUT2D eigenvalue weighted by Gasteiger charge is -2.52. The summed E-state index contributed by atoms with van der Waals surface area (Å²) in [5.74, 6) is 0.603. The zero-order valence-corrected chi connectivity index (χ0v) is 18.6. The Hall–Kier alpha value is -1.36. The van der Waals surface area contributed by atoms with E-state index < -0.39 is 11.7 Å². The standard InChI is InChI=1S/C24H33ClNO3/c1-15-11-21-20(16(2)13-26-14-19-7-5-6-8-22(19)25)10-9-17(3)24(21,28)12-23(15)29-18(4)27/h5-8,11-12,16-17,20-21,23,26,28H,9-10,13-14H2,1-4H3/t16?,17-,20+,21-,23-,24-/m1/s1. The van der Waals surface area contributed by atoms with Gasteiger partial charge in [0.15, 0.2) is 0 Å². The molecule has 3 rings (SSSR count). The highest BCUT2D eigenvalue weighted by molar-refractivity contribution is 6.31. The van der Waals surface area contributed by atoms with Crippen LogP contribution in [0.4, 0.5) is 0 Å². The van der Waals surface area contributed by atoms with E-state index >= 15 is 0 Å². The molecule has 0 amide bonds. The molecule has 1 fully saturated rings. The van der Waals surface area contributed by atoms with E-state index in [9.17, 15) is 9.90 Å². The first-order valence-corrected chi connectivity index (χ1v) is 11.0. The molecule has 1 unspecified atom stereocenters. The zero-order valence-electron chi connectivity index (χ0n) is 17.8. The summed E-state index contributed by atoms with van der Waals surface area (Å²) in [4.78, 5) is 11.5. The van der Waals surface area contributed by atoms with Crippen LogP contribution in [0.5, 0.6) is 0 Å². The van der Waals surface area contributed by atoms with Crippen molar-refractivity contribution in [1.29, 1.82) is 0 Å². The largest absolute Gasteiger partial charge is 0.458 e. The number of fused-ring (bicyclic) bond motifs is 1. The van der Waals surface area contributed by atoms with Gasteiger partial charge in [0.2, 0.25) is 0 Å². The summed E-state index contributed by atoms with van der Waals surface area (Å²) in [6.07, 6.45) is 5.62. The summed E-state index contributed by atoms with van der Waals surface area (Å²) in [5, 5.41) is 15.9. The molecule has 2 aliphatic carbocycles. The number of hydrogen-bond acceptors (Lipinski definition) is 4. The first-order chi connectivity index (χ1) is 13.7. The quantitative estimate of drug-likeness (QED) is 0.525. The van der Waals surface area contributed by atoms with Gasteiger partial charge < -0.3 is 15.2 Å². The maximum absolute atomic E-state index is 11.6. The van der Waals surface area contributed by atoms with Gasteiger partial charge in [-0.05, 0) is 61.3 Å². The van der Waals surface area contributed by atoms with Gasteiger partial charge in [0.05, 0.1) is 5.60 Å². The molecule has 2 aliphatic rings. The minimum atomic E-state index is -0.945. The molecule has 0 heterocycles. The van der Waals surface area contributed by atoms with E-state index in [2.05, 4.69) is 25.2 Å². The first-order valence-electron chi connectivity index (χ1n) is 10.6. The monoisotopic (exact) mass is 418 g/mol. The van der Waals surface area contributed by atoms with Gasteiger partial charge in [-0.3, -0.25) is 4.79 Å². The molecular weight excluding hydrogens is 386 g/mol. The molecule has 0 saturated heterocycles. The highest BCUT2D eigenvalue weighted by Crippen LogP contribution is 2.50. The second-order valence-corrected chi connectivity index (χ2v) is 9.27. The van der Waals surface area contributed by atoms with Gasteiger partial charge in [-0.1, -0.05) is 49.7 Å². The van der Waals surface area contributed by atoms with Crippen LogP contribution in [0, 0.1) is 30.1 Å². The van der Waals surface area contributed by atoms with Crippen LogP contribution in [0.1, 0.15) is 46.1 Å². The molecule has 0 aliphatic heterocycles. The maximum Gasteiger partial charge on any atom is 0.303 e. The summed E-state index contributed by atoms with van der Waals surface area (Å²) in [5.41, 5.74) is 1.16. The summed E-state index contributed by atoms with van der Waals surface area (Å²) in [6.45, 7) is 9.34. The third-order valence-electron chi connectivity index (χ3n) is 6.79. The van der Waals surface area contributed by atoms with Gasteiger partial charge in [0, 0.05) is 30.8 Å². The molecule has 1 radical (unpaired) electrons. The van der Waals surface area contributed by atoms with Crippen molar-refractivity contribution < 1.29 is 14.6 Å². The molecule has 4 nitrogen and oxygen atoms in total.